The number of hydrogen-bond donors (Lipinski definition) is 3. The van der Waals surface area contributed by atoms with Gasteiger partial charge in [0.05, 0.1) is 27.7 Å². The zero-order chi connectivity index (χ0) is 24.1. The second kappa shape index (κ2) is 8.09. The number of nitrogen functional groups attached to an aromatic ring is 2. The molecule has 8 nitrogen and oxygen atoms in total. The zero-order valence-electron chi connectivity index (χ0n) is 18.1. The Morgan fingerprint density at radius 1 is 1.03 bits per heavy atom. The first kappa shape index (κ1) is 21.1. The number of para-hydroxylation sites is 1. The van der Waals surface area contributed by atoms with Crippen LogP contribution in [0.5, 0.6) is 0 Å². The summed E-state index contributed by atoms with van der Waals surface area (Å²) in [7, 11) is 0. The number of hydrazone groups is 1. The van der Waals surface area contributed by atoms with E-state index < -0.39 is 0 Å². The molecule has 0 fully saturated rings. The maximum atomic E-state index is 13.4. The molecule has 6 rings (SSSR count). The predicted molar refractivity (Wildman–Crippen MR) is 142 cm³/mol. The minimum atomic E-state index is -0.299. The Morgan fingerprint density at radius 3 is 2.43 bits per heavy atom. The Kier molecular flexibility index (Phi) is 4.88. The first-order valence-electron chi connectivity index (χ1n) is 10.7. The molecule has 0 saturated heterocycles. The molecule has 35 heavy (non-hydrogen) atoms. The third-order valence-electron chi connectivity index (χ3n) is 5.77. The van der Waals surface area contributed by atoms with Gasteiger partial charge in [-0.3, -0.25) is 4.79 Å². The summed E-state index contributed by atoms with van der Waals surface area (Å²) >= 11 is 2.59. The molecule has 2 aromatic carbocycles. The third-order valence-corrected chi connectivity index (χ3v) is 7.89. The first-order chi connectivity index (χ1) is 17.0. The molecule has 4 heterocycles. The molecule has 0 bridgehead atoms. The first-order valence-corrected chi connectivity index (χ1v) is 12.3. The lowest BCUT2D eigenvalue weighted by Gasteiger charge is -2.26. The monoisotopic (exact) mass is 495 g/mol. The maximum Gasteiger partial charge on any atom is 0.262 e. The van der Waals surface area contributed by atoms with Crippen LogP contribution in [0.15, 0.2) is 70.6 Å². The van der Waals surface area contributed by atoms with E-state index in [0.717, 1.165) is 38.9 Å². The highest BCUT2D eigenvalue weighted by molar-refractivity contribution is 7.20. The van der Waals surface area contributed by atoms with E-state index in [1.165, 1.54) is 11.3 Å². The van der Waals surface area contributed by atoms with Crippen molar-refractivity contribution in [2.45, 2.75) is 6.42 Å². The Labute approximate surface area is 207 Å². The lowest BCUT2D eigenvalue weighted by atomic mass is 10.0. The summed E-state index contributed by atoms with van der Waals surface area (Å²) in [5.74, 6) is 0.298. The van der Waals surface area contributed by atoms with Gasteiger partial charge in [-0.15, -0.1) is 22.7 Å². The summed E-state index contributed by atoms with van der Waals surface area (Å²) < 4.78 is 0. The average Bonchev–Trinajstić information content (AvgIpc) is 3.40. The second-order valence-electron chi connectivity index (χ2n) is 7.90. The highest BCUT2D eigenvalue weighted by Crippen LogP contribution is 2.44. The van der Waals surface area contributed by atoms with Crippen LogP contribution in [0.4, 0.5) is 22.1 Å². The fourth-order valence-electron chi connectivity index (χ4n) is 4.15. The molecule has 3 aromatic heterocycles. The van der Waals surface area contributed by atoms with Gasteiger partial charge in [0.2, 0.25) is 0 Å². The number of thiophene rings is 2. The molecule has 1 aliphatic heterocycles. The van der Waals surface area contributed by atoms with E-state index in [1.807, 2.05) is 71.7 Å². The summed E-state index contributed by atoms with van der Waals surface area (Å²) in [6, 6.07) is 21.7. The number of aromatic nitrogens is 2. The topological polar surface area (TPSA) is 137 Å². The lowest BCUT2D eigenvalue weighted by Crippen LogP contribution is -2.22. The maximum absolute atomic E-state index is 13.4. The lowest BCUT2D eigenvalue weighted by molar-refractivity contribution is 1.04. The zero-order valence-corrected chi connectivity index (χ0v) is 19.8. The molecule has 0 saturated carbocycles. The summed E-state index contributed by atoms with van der Waals surface area (Å²) in [5.41, 5.74) is 15.7. The number of anilines is 4. The average molecular weight is 496 g/mol. The van der Waals surface area contributed by atoms with Crippen molar-refractivity contribution in [3.8, 4) is 16.8 Å². The second-order valence-corrected chi connectivity index (χ2v) is 10.0. The van der Waals surface area contributed by atoms with Crippen molar-refractivity contribution in [1.82, 2.24) is 9.97 Å². The summed E-state index contributed by atoms with van der Waals surface area (Å²) in [4.78, 5) is 23.0. The Balaban J connectivity index is 1.57. The molecule has 10 heteroatoms. The molecule has 5 N–H and O–H groups in total. The number of fused-ring (bicyclic) bond motifs is 3. The van der Waals surface area contributed by atoms with E-state index in [0.29, 0.717) is 32.3 Å². The quantitative estimate of drug-likeness (QED) is 0.327. The van der Waals surface area contributed by atoms with E-state index in [4.69, 9.17) is 21.6 Å². The van der Waals surface area contributed by atoms with Crippen LogP contribution in [0.1, 0.15) is 16.0 Å². The van der Waals surface area contributed by atoms with Gasteiger partial charge in [0.1, 0.15) is 26.9 Å². The van der Waals surface area contributed by atoms with Crippen molar-refractivity contribution in [2.75, 3.05) is 16.5 Å². The van der Waals surface area contributed by atoms with Crippen LogP contribution in [0.3, 0.4) is 0 Å². The summed E-state index contributed by atoms with van der Waals surface area (Å²) in [6.07, 6.45) is 0.575. The highest BCUT2D eigenvalue weighted by Gasteiger charge is 2.29. The molecule has 1 aliphatic rings. The van der Waals surface area contributed by atoms with Crippen LogP contribution in [-0.2, 0) is 6.42 Å². The number of rotatable bonds is 3. The van der Waals surface area contributed by atoms with Crippen molar-refractivity contribution < 1.29 is 0 Å². The number of H-pyrrole nitrogens is 1. The highest BCUT2D eigenvalue weighted by atomic mass is 32.1. The van der Waals surface area contributed by atoms with Gasteiger partial charge < -0.3 is 16.5 Å². The number of benzene rings is 2. The van der Waals surface area contributed by atoms with E-state index >= 15 is 0 Å². The normalized spacial score (nSPS) is 12.9. The molecule has 0 amide bonds. The van der Waals surface area contributed by atoms with Crippen molar-refractivity contribution in [3.63, 3.8) is 0 Å². The van der Waals surface area contributed by atoms with Gasteiger partial charge in [-0.05, 0) is 17.7 Å². The third kappa shape index (κ3) is 3.37. The number of hydrogen-bond acceptors (Lipinski definition) is 9. The molecule has 0 radical (unpaired) electrons. The minimum absolute atomic E-state index is 0.203. The number of nitrogens with zero attached hydrogens (tertiary/aromatic N) is 4. The standard InChI is InChI=1S/C25H17N7OS2/c26-12-15-19(27)21(35-22(15)28)23-29-24(33)18-20-17(34-25(18)30-23)11-16(13-7-3-1-4-8-13)31-32(20)14-9-5-2-6-10-14/h1-10H,11,27-28H2,(H,29,30,33). The molecule has 0 spiro atoms. The van der Waals surface area contributed by atoms with Crippen LogP contribution in [0.25, 0.3) is 20.9 Å². The van der Waals surface area contributed by atoms with Gasteiger partial charge >= 0.3 is 0 Å². The smallest absolute Gasteiger partial charge is 0.262 e. The fraction of sp³-hybridized carbons (Fsp3) is 0.0400. The van der Waals surface area contributed by atoms with Crippen LogP contribution in [0.2, 0.25) is 0 Å². The summed E-state index contributed by atoms with van der Waals surface area (Å²) in [6.45, 7) is 0. The number of nitrogens with one attached hydrogen (secondary N) is 1. The Morgan fingerprint density at radius 2 is 1.74 bits per heavy atom. The van der Waals surface area contributed by atoms with E-state index in [9.17, 15) is 10.1 Å². The largest absolute Gasteiger partial charge is 0.396 e. The van der Waals surface area contributed by atoms with Gasteiger partial charge in [0.15, 0.2) is 5.82 Å². The SMILES string of the molecule is N#Cc1c(N)sc(-c2nc3sc4c(c3c(=O)[nH]2)N(c2ccccc2)N=C(c2ccccc2)C4)c1N. The van der Waals surface area contributed by atoms with Gasteiger partial charge in [-0.25, -0.2) is 9.99 Å². The number of nitriles is 1. The molecule has 0 aliphatic carbocycles. The fourth-order valence-corrected chi connectivity index (χ4v) is 6.19. The van der Waals surface area contributed by atoms with Gasteiger partial charge in [0.25, 0.3) is 5.56 Å². The van der Waals surface area contributed by atoms with Crippen LogP contribution < -0.4 is 22.0 Å². The molecule has 170 valence electrons. The van der Waals surface area contributed by atoms with Gasteiger partial charge in [0, 0.05) is 11.3 Å². The van der Waals surface area contributed by atoms with Gasteiger partial charge in [-0.2, -0.15) is 10.4 Å². The van der Waals surface area contributed by atoms with Crippen LogP contribution >= 0.6 is 22.7 Å². The van der Waals surface area contributed by atoms with Crippen molar-refractivity contribution in [1.29, 1.82) is 5.26 Å². The Bertz CT molecular complexity index is 1730. The molecular formula is C25H17N7OS2. The van der Waals surface area contributed by atoms with Crippen LogP contribution in [-0.4, -0.2) is 15.7 Å². The van der Waals surface area contributed by atoms with Crippen molar-refractivity contribution >= 4 is 60.7 Å². The summed E-state index contributed by atoms with van der Waals surface area (Å²) in [5, 5.41) is 16.9. The predicted octanol–water partition coefficient (Wildman–Crippen LogP) is 4.85. The van der Waals surface area contributed by atoms with Crippen molar-refractivity contribution in [3.05, 3.63) is 87.0 Å². The number of nitrogens with two attached hydrogens (primary N) is 2. The van der Waals surface area contributed by atoms with Crippen LogP contribution in [0, 0.1) is 11.3 Å². The number of aromatic amines is 1. The van der Waals surface area contributed by atoms with E-state index in [1.54, 1.807) is 0 Å². The molecule has 0 atom stereocenters. The molecule has 0 unspecified atom stereocenters. The van der Waals surface area contributed by atoms with E-state index in [-0.39, 0.29) is 16.8 Å². The van der Waals surface area contributed by atoms with Crippen molar-refractivity contribution in [2.24, 2.45) is 5.10 Å². The molecular weight excluding hydrogens is 478 g/mol. The van der Waals surface area contributed by atoms with E-state index in [2.05, 4.69) is 4.98 Å². The van der Waals surface area contributed by atoms with Gasteiger partial charge in [-0.1, -0.05) is 48.5 Å². The minimum Gasteiger partial charge on any atom is -0.396 e. The Hall–Kier alpha value is -4.46. The molecule has 5 aromatic rings.